The van der Waals surface area contributed by atoms with Crippen molar-refractivity contribution in [2.75, 3.05) is 19.8 Å². The van der Waals surface area contributed by atoms with Crippen molar-refractivity contribution in [2.45, 2.75) is 55.8 Å². The third-order valence-electron chi connectivity index (χ3n) is 6.68. The van der Waals surface area contributed by atoms with Gasteiger partial charge >= 0.3 is 0 Å². The monoisotopic (exact) mass is 428 g/mol. The van der Waals surface area contributed by atoms with Crippen molar-refractivity contribution in [2.24, 2.45) is 11.7 Å². The van der Waals surface area contributed by atoms with Gasteiger partial charge in [0.1, 0.15) is 36.5 Å². The molecule has 0 bridgehead atoms. The van der Waals surface area contributed by atoms with Crippen LogP contribution in [0, 0.1) is 11.7 Å². The summed E-state index contributed by atoms with van der Waals surface area (Å²) >= 11 is 5.93. The minimum absolute atomic E-state index is 0.0485. The summed E-state index contributed by atoms with van der Waals surface area (Å²) in [4.78, 5) is 2.02. The fraction of sp³-hybridized carbons (Fsp3) is 0.684. The number of likely N-dealkylation sites (tertiary alicyclic amines) is 1. The van der Waals surface area contributed by atoms with Gasteiger partial charge in [0.05, 0.1) is 24.0 Å². The molecule has 8 atom stereocenters. The van der Waals surface area contributed by atoms with Gasteiger partial charge < -0.3 is 25.4 Å². The maximum absolute atomic E-state index is 14.5. The first-order valence-corrected chi connectivity index (χ1v) is 10.4. The molecule has 8 nitrogen and oxygen atoms in total. The van der Waals surface area contributed by atoms with Gasteiger partial charge in [-0.15, -0.1) is 0 Å². The Morgan fingerprint density at radius 1 is 1.24 bits per heavy atom. The van der Waals surface area contributed by atoms with Crippen LogP contribution in [0.5, 0.6) is 0 Å². The molecule has 6 N–H and O–H groups in total. The summed E-state index contributed by atoms with van der Waals surface area (Å²) in [5, 5.41) is 28.2. The molecule has 3 fully saturated rings. The van der Waals surface area contributed by atoms with Crippen LogP contribution in [-0.4, -0.2) is 71.8 Å². The lowest BCUT2D eigenvalue weighted by atomic mass is 9.91. The fourth-order valence-corrected chi connectivity index (χ4v) is 5.37. The first kappa shape index (κ1) is 20.0. The van der Waals surface area contributed by atoms with Gasteiger partial charge in [-0.25, -0.2) is 4.39 Å². The van der Waals surface area contributed by atoms with Crippen molar-refractivity contribution in [3.05, 3.63) is 34.1 Å². The van der Waals surface area contributed by atoms with Crippen LogP contribution in [0.3, 0.4) is 0 Å². The van der Waals surface area contributed by atoms with E-state index in [-0.39, 0.29) is 23.3 Å². The number of benzene rings is 1. The van der Waals surface area contributed by atoms with Crippen LogP contribution in [0.2, 0.25) is 5.02 Å². The van der Waals surface area contributed by atoms with E-state index in [1.165, 1.54) is 6.07 Å². The normalized spacial score (nSPS) is 42.7. The van der Waals surface area contributed by atoms with Crippen molar-refractivity contribution < 1.29 is 24.1 Å². The Morgan fingerprint density at radius 3 is 2.90 bits per heavy atom. The molecular formula is C19H26ClFN4O4. The third kappa shape index (κ3) is 3.20. The Labute approximate surface area is 173 Å². The SMILES string of the molecule is NC1NCNC2C1CCN2[C@@H]1O[C@H]([C@@H]2OCCc3c2ccc(Cl)c3F)[C@@H](O)[C@H]1O. The van der Waals surface area contributed by atoms with E-state index >= 15 is 0 Å². The fourth-order valence-electron chi connectivity index (χ4n) is 5.19. The Bertz CT molecular complexity index is 789. The Morgan fingerprint density at radius 2 is 2.07 bits per heavy atom. The average Bonchev–Trinajstić information content (AvgIpc) is 3.27. The van der Waals surface area contributed by atoms with E-state index in [4.69, 9.17) is 26.8 Å². The summed E-state index contributed by atoms with van der Waals surface area (Å²) < 4.78 is 26.5. The summed E-state index contributed by atoms with van der Waals surface area (Å²) in [5.74, 6) is -0.282. The van der Waals surface area contributed by atoms with Crippen LogP contribution < -0.4 is 16.4 Å². The van der Waals surface area contributed by atoms with Crippen molar-refractivity contribution in [3.63, 3.8) is 0 Å². The number of nitrogens with two attached hydrogens (primary N) is 1. The number of nitrogens with zero attached hydrogens (tertiary/aromatic N) is 1. The number of fused-ring (bicyclic) bond motifs is 2. The van der Waals surface area contributed by atoms with E-state index in [0.29, 0.717) is 37.4 Å². The molecule has 10 heteroatoms. The second-order valence-electron chi connectivity index (χ2n) is 8.19. The largest absolute Gasteiger partial charge is 0.387 e. The molecule has 3 unspecified atom stereocenters. The summed E-state index contributed by atoms with van der Waals surface area (Å²) in [6.07, 6.45) is -3.40. The van der Waals surface area contributed by atoms with E-state index in [1.807, 2.05) is 4.90 Å². The van der Waals surface area contributed by atoms with Gasteiger partial charge in [0.15, 0.2) is 0 Å². The number of hydrogen-bond acceptors (Lipinski definition) is 8. The van der Waals surface area contributed by atoms with Gasteiger partial charge in [-0.2, -0.15) is 0 Å². The maximum Gasteiger partial charge on any atom is 0.145 e. The lowest BCUT2D eigenvalue weighted by molar-refractivity contribution is -0.142. The highest BCUT2D eigenvalue weighted by Gasteiger charge is 2.54. The number of rotatable bonds is 2. The minimum Gasteiger partial charge on any atom is -0.387 e. The van der Waals surface area contributed by atoms with E-state index in [1.54, 1.807) is 6.07 Å². The lowest BCUT2D eigenvalue weighted by Gasteiger charge is -2.39. The predicted molar refractivity (Wildman–Crippen MR) is 102 cm³/mol. The van der Waals surface area contributed by atoms with Crippen LogP contribution in [-0.2, 0) is 15.9 Å². The smallest absolute Gasteiger partial charge is 0.145 e. The Balaban J connectivity index is 1.40. The van der Waals surface area contributed by atoms with Crippen molar-refractivity contribution >= 4 is 11.6 Å². The highest BCUT2D eigenvalue weighted by molar-refractivity contribution is 6.30. The second-order valence-corrected chi connectivity index (χ2v) is 8.60. The van der Waals surface area contributed by atoms with E-state index in [0.717, 1.165) is 6.42 Å². The van der Waals surface area contributed by atoms with Crippen molar-refractivity contribution in [1.29, 1.82) is 0 Å². The zero-order valence-electron chi connectivity index (χ0n) is 15.8. The standard InChI is InChI=1S/C19H26ClFN4O4/c20-11-2-1-9-8(12(11)21)4-6-28-15(9)16-13(26)14(27)19(29-16)25-5-3-10-17(22)23-7-24-18(10)25/h1-2,10,13-19,23-24,26-27H,3-7,22H2/t10?,13-,14+,15+,16-,17?,18?,19+/m0/s1. The van der Waals surface area contributed by atoms with E-state index < -0.39 is 36.5 Å². The van der Waals surface area contributed by atoms with Crippen LogP contribution in [0.15, 0.2) is 12.1 Å². The number of aliphatic hydroxyl groups is 2. The molecule has 0 amide bonds. The van der Waals surface area contributed by atoms with E-state index in [2.05, 4.69) is 10.6 Å². The molecule has 1 aromatic rings. The molecule has 0 aliphatic carbocycles. The lowest BCUT2D eigenvalue weighted by Crippen LogP contribution is -2.64. The zero-order valence-corrected chi connectivity index (χ0v) is 16.6. The van der Waals surface area contributed by atoms with E-state index in [9.17, 15) is 14.6 Å². The topological polar surface area (TPSA) is 112 Å². The van der Waals surface area contributed by atoms with Crippen LogP contribution in [0.4, 0.5) is 4.39 Å². The summed E-state index contributed by atoms with van der Waals surface area (Å²) in [7, 11) is 0. The average molecular weight is 429 g/mol. The molecule has 3 saturated heterocycles. The van der Waals surface area contributed by atoms with Crippen LogP contribution in [0.1, 0.15) is 23.7 Å². The molecule has 1 aromatic carbocycles. The first-order valence-electron chi connectivity index (χ1n) is 10.1. The Hall–Kier alpha value is -0.880. The molecule has 4 heterocycles. The van der Waals surface area contributed by atoms with Crippen LogP contribution >= 0.6 is 11.6 Å². The minimum atomic E-state index is -1.16. The van der Waals surface area contributed by atoms with Crippen LogP contribution in [0.25, 0.3) is 0 Å². The molecule has 160 valence electrons. The molecule has 5 rings (SSSR count). The highest BCUT2D eigenvalue weighted by atomic mass is 35.5. The maximum atomic E-state index is 14.5. The van der Waals surface area contributed by atoms with Crippen molar-refractivity contribution in [1.82, 2.24) is 15.5 Å². The van der Waals surface area contributed by atoms with Gasteiger partial charge in [-0.1, -0.05) is 17.7 Å². The summed E-state index contributed by atoms with van der Waals surface area (Å²) in [6, 6.07) is 3.19. The number of aliphatic hydroxyl groups excluding tert-OH is 2. The molecule has 0 radical (unpaired) electrons. The van der Waals surface area contributed by atoms with Gasteiger partial charge in [0.25, 0.3) is 0 Å². The van der Waals surface area contributed by atoms with Gasteiger partial charge in [-0.3, -0.25) is 15.5 Å². The molecule has 29 heavy (non-hydrogen) atoms. The highest BCUT2D eigenvalue weighted by Crippen LogP contribution is 2.41. The molecular weight excluding hydrogens is 403 g/mol. The zero-order chi connectivity index (χ0) is 20.3. The number of halogens is 2. The van der Waals surface area contributed by atoms with Gasteiger partial charge in [0.2, 0.25) is 0 Å². The number of nitrogens with one attached hydrogen (secondary N) is 2. The quantitative estimate of drug-likeness (QED) is 0.433. The molecule has 0 spiro atoms. The predicted octanol–water partition coefficient (Wildman–Crippen LogP) is -0.377. The second kappa shape index (κ2) is 7.67. The molecule has 0 aromatic heterocycles. The summed E-state index contributed by atoms with van der Waals surface area (Å²) in [6.45, 7) is 1.54. The molecule has 4 aliphatic rings. The number of ether oxygens (including phenoxy) is 2. The third-order valence-corrected chi connectivity index (χ3v) is 6.97. The molecule has 0 saturated carbocycles. The first-order chi connectivity index (χ1) is 14.0. The van der Waals surface area contributed by atoms with Gasteiger partial charge in [0, 0.05) is 19.1 Å². The van der Waals surface area contributed by atoms with Gasteiger partial charge in [-0.05, 0) is 30.0 Å². The van der Waals surface area contributed by atoms with Crippen molar-refractivity contribution in [3.8, 4) is 0 Å². The molecule has 4 aliphatic heterocycles. The Kier molecular flexibility index (Phi) is 5.30. The summed E-state index contributed by atoms with van der Waals surface area (Å²) in [5.41, 5.74) is 7.26. The number of hydrogen-bond donors (Lipinski definition) is 5.